The van der Waals surface area contributed by atoms with Gasteiger partial charge < -0.3 is 15.1 Å². The van der Waals surface area contributed by atoms with Gasteiger partial charge in [-0.25, -0.2) is 9.78 Å². The summed E-state index contributed by atoms with van der Waals surface area (Å²) in [6.07, 6.45) is 1.80. The fraction of sp³-hybridized carbons (Fsp3) is 0.250. The molecule has 3 aromatic rings. The molecule has 0 unspecified atom stereocenters. The Bertz CT molecular complexity index is 987. The Hall–Kier alpha value is -2.99. The first-order chi connectivity index (χ1) is 14.7. The quantitative estimate of drug-likeness (QED) is 0.590. The summed E-state index contributed by atoms with van der Waals surface area (Å²) in [5, 5.41) is 4.06. The van der Waals surface area contributed by atoms with Gasteiger partial charge in [0, 0.05) is 49.5 Å². The lowest BCUT2D eigenvalue weighted by Crippen LogP contribution is -2.50. The van der Waals surface area contributed by atoms with Crippen LogP contribution in [0.25, 0.3) is 0 Å². The highest BCUT2D eigenvalue weighted by atomic mass is 32.2. The summed E-state index contributed by atoms with van der Waals surface area (Å²) in [7, 11) is 0. The highest BCUT2D eigenvalue weighted by Crippen LogP contribution is 2.23. The largest absolute Gasteiger partial charge is 0.368 e. The van der Waals surface area contributed by atoms with Crippen molar-refractivity contribution >= 4 is 29.2 Å². The Kier molecular flexibility index (Phi) is 6.54. The Morgan fingerprint density at radius 2 is 1.83 bits per heavy atom. The average Bonchev–Trinajstić information content (AvgIpc) is 2.79. The van der Waals surface area contributed by atoms with E-state index >= 15 is 0 Å². The van der Waals surface area contributed by atoms with Crippen molar-refractivity contribution in [3.8, 4) is 0 Å². The van der Waals surface area contributed by atoms with Gasteiger partial charge in [-0.1, -0.05) is 30.3 Å². The Balaban J connectivity index is 1.30. The molecule has 1 saturated heterocycles. The van der Waals surface area contributed by atoms with Crippen LogP contribution >= 0.6 is 11.8 Å². The molecule has 0 atom stereocenters. The third-order valence-corrected chi connectivity index (χ3v) is 6.15. The van der Waals surface area contributed by atoms with E-state index < -0.39 is 0 Å². The summed E-state index contributed by atoms with van der Waals surface area (Å²) in [6.45, 7) is 5.23. The van der Waals surface area contributed by atoms with E-state index in [1.165, 1.54) is 11.3 Å². The van der Waals surface area contributed by atoms with Crippen LogP contribution in [-0.2, 0) is 5.75 Å². The van der Waals surface area contributed by atoms with Gasteiger partial charge in [0.25, 0.3) is 0 Å². The van der Waals surface area contributed by atoms with Crippen LogP contribution in [0.4, 0.5) is 16.2 Å². The molecule has 1 N–H and O–H groups in total. The van der Waals surface area contributed by atoms with Gasteiger partial charge in [0.1, 0.15) is 0 Å². The number of carbonyl (C=O) groups is 1. The molecule has 1 aliphatic rings. The topological polar surface area (TPSA) is 48.5 Å². The normalized spacial score (nSPS) is 13.9. The van der Waals surface area contributed by atoms with E-state index in [2.05, 4.69) is 52.5 Å². The summed E-state index contributed by atoms with van der Waals surface area (Å²) in [5.74, 6) is 0.815. The van der Waals surface area contributed by atoms with Crippen LogP contribution in [0.3, 0.4) is 0 Å². The molecule has 4 rings (SSSR count). The molecular formula is C24H26N4OS. The smallest absolute Gasteiger partial charge is 0.321 e. The first-order valence-electron chi connectivity index (χ1n) is 10.2. The highest BCUT2D eigenvalue weighted by molar-refractivity contribution is 7.98. The zero-order chi connectivity index (χ0) is 20.8. The number of piperazine rings is 1. The van der Waals surface area contributed by atoms with Crippen molar-refractivity contribution in [2.45, 2.75) is 17.7 Å². The second kappa shape index (κ2) is 9.67. The van der Waals surface area contributed by atoms with E-state index in [1.54, 1.807) is 18.0 Å². The van der Waals surface area contributed by atoms with Gasteiger partial charge in [-0.15, -0.1) is 11.8 Å². The lowest BCUT2D eigenvalue weighted by atomic mass is 10.2. The number of thioether (sulfide) groups is 1. The molecule has 0 spiro atoms. The number of rotatable bonds is 5. The van der Waals surface area contributed by atoms with Crippen LogP contribution < -0.4 is 10.2 Å². The van der Waals surface area contributed by atoms with Crippen LogP contribution in [0, 0.1) is 6.92 Å². The first kappa shape index (κ1) is 20.3. The van der Waals surface area contributed by atoms with Crippen LogP contribution in [0.1, 0.15) is 11.1 Å². The predicted octanol–water partition coefficient (Wildman–Crippen LogP) is 5.04. The van der Waals surface area contributed by atoms with Crippen molar-refractivity contribution in [2.75, 3.05) is 36.4 Å². The number of carbonyl (C=O) groups excluding carboxylic acids is 1. The molecule has 0 saturated carbocycles. The minimum Gasteiger partial charge on any atom is -0.368 e. The SMILES string of the molecule is Cc1cccc(N2CCN(C(=O)Nc3cccc(CSc4ccccn4)c3)CC2)c1. The maximum Gasteiger partial charge on any atom is 0.321 e. The zero-order valence-electron chi connectivity index (χ0n) is 17.1. The number of benzene rings is 2. The predicted molar refractivity (Wildman–Crippen MR) is 124 cm³/mol. The Morgan fingerprint density at radius 3 is 2.60 bits per heavy atom. The van der Waals surface area contributed by atoms with E-state index in [1.807, 2.05) is 41.3 Å². The van der Waals surface area contributed by atoms with Crippen molar-refractivity contribution in [1.82, 2.24) is 9.88 Å². The molecule has 2 heterocycles. The van der Waals surface area contributed by atoms with Gasteiger partial charge in [-0.3, -0.25) is 0 Å². The molecule has 6 heteroatoms. The standard InChI is InChI=1S/C24H26N4OS/c1-19-6-4-9-22(16-19)27-12-14-28(15-13-27)24(29)26-21-8-5-7-20(17-21)18-30-23-10-2-3-11-25-23/h2-11,16-17H,12-15,18H2,1H3,(H,26,29). The summed E-state index contributed by atoms with van der Waals surface area (Å²) in [4.78, 5) is 21.3. The molecule has 0 radical (unpaired) electrons. The molecule has 30 heavy (non-hydrogen) atoms. The summed E-state index contributed by atoms with van der Waals surface area (Å²) >= 11 is 1.69. The Labute approximate surface area is 182 Å². The van der Waals surface area contributed by atoms with Crippen molar-refractivity contribution in [3.05, 3.63) is 84.1 Å². The van der Waals surface area contributed by atoms with Gasteiger partial charge in [-0.2, -0.15) is 0 Å². The van der Waals surface area contributed by atoms with Gasteiger partial charge in [-0.05, 0) is 54.4 Å². The van der Waals surface area contributed by atoms with E-state index in [9.17, 15) is 4.79 Å². The van der Waals surface area contributed by atoms with Crippen molar-refractivity contribution in [3.63, 3.8) is 0 Å². The molecular weight excluding hydrogens is 392 g/mol. The molecule has 2 aromatic carbocycles. The molecule has 1 aromatic heterocycles. The van der Waals surface area contributed by atoms with E-state index in [-0.39, 0.29) is 6.03 Å². The van der Waals surface area contributed by atoms with Crippen molar-refractivity contribution in [2.24, 2.45) is 0 Å². The average molecular weight is 419 g/mol. The molecule has 1 aliphatic heterocycles. The number of nitrogens with zero attached hydrogens (tertiary/aromatic N) is 3. The van der Waals surface area contributed by atoms with Crippen molar-refractivity contribution in [1.29, 1.82) is 0 Å². The molecule has 0 aliphatic carbocycles. The summed E-state index contributed by atoms with van der Waals surface area (Å²) < 4.78 is 0. The summed E-state index contributed by atoms with van der Waals surface area (Å²) in [6, 6.07) is 22.4. The minimum absolute atomic E-state index is 0.0339. The zero-order valence-corrected chi connectivity index (χ0v) is 17.9. The number of nitrogens with one attached hydrogen (secondary N) is 1. The lowest BCUT2D eigenvalue weighted by molar-refractivity contribution is 0.208. The second-order valence-electron chi connectivity index (χ2n) is 7.40. The van der Waals surface area contributed by atoms with Crippen LogP contribution in [-0.4, -0.2) is 42.1 Å². The van der Waals surface area contributed by atoms with Crippen LogP contribution in [0.5, 0.6) is 0 Å². The lowest BCUT2D eigenvalue weighted by Gasteiger charge is -2.36. The number of urea groups is 1. The monoisotopic (exact) mass is 418 g/mol. The fourth-order valence-corrected chi connectivity index (χ4v) is 4.33. The van der Waals surface area contributed by atoms with Gasteiger partial charge in [0.05, 0.1) is 5.03 Å². The molecule has 0 bridgehead atoms. The molecule has 5 nitrogen and oxygen atoms in total. The molecule has 2 amide bonds. The maximum atomic E-state index is 12.7. The number of hydrogen-bond donors (Lipinski definition) is 1. The van der Waals surface area contributed by atoms with E-state index in [0.717, 1.165) is 48.2 Å². The number of amides is 2. The summed E-state index contributed by atoms with van der Waals surface area (Å²) in [5.41, 5.74) is 4.48. The van der Waals surface area contributed by atoms with Gasteiger partial charge in [0.2, 0.25) is 0 Å². The molecule has 154 valence electrons. The van der Waals surface area contributed by atoms with E-state index in [4.69, 9.17) is 0 Å². The minimum atomic E-state index is -0.0339. The van der Waals surface area contributed by atoms with Crippen molar-refractivity contribution < 1.29 is 4.79 Å². The van der Waals surface area contributed by atoms with E-state index in [0.29, 0.717) is 0 Å². The number of pyridine rings is 1. The number of hydrogen-bond acceptors (Lipinski definition) is 4. The van der Waals surface area contributed by atoms with Crippen LogP contribution in [0.15, 0.2) is 78.0 Å². The highest BCUT2D eigenvalue weighted by Gasteiger charge is 2.21. The second-order valence-corrected chi connectivity index (χ2v) is 8.40. The number of aromatic nitrogens is 1. The fourth-order valence-electron chi connectivity index (χ4n) is 3.52. The number of anilines is 2. The first-order valence-corrected chi connectivity index (χ1v) is 11.2. The van der Waals surface area contributed by atoms with Gasteiger partial charge in [0.15, 0.2) is 0 Å². The molecule has 1 fully saturated rings. The third-order valence-electron chi connectivity index (χ3n) is 5.14. The third kappa shape index (κ3) is 5.33. The van der Waals surface area contributed by atoms with Gasteiger partial charge >= 0.3 is 6.03 Å². The van der Waals surface area contributed by atoms with Crippen LogP contribution in [0.2, 0.25) is 0 Å². The maximum absolute atomic E-state index is 12.7. The Morgan fingerprint density at radius 1 is 1.00 bits per heavy atom. The number of aryl methyl sites for hydroxylation is 1.